The molecule has 1 aromatic heterocycles. The van der Waals surface area contributed by atoms with Crippen LogP contribution in [-0.4, -0.2) is 28.6 Å². The van der Waals surface area contributed by atoms with Crippen molar-refractivity contribution < 1.29 is 14.7 Å². The molecule has 0 aliphatic rings. The van der Waals surface area contributed by atoms with Gasteiger partial charge in [-0.2, -0.15) is 0 Å². The minimum Gasteiger partial charge on any atom is -0.481 e. The van der Waals surface area contributed by atoms with Crippen LogP contribution in [0.3, 0.4) is 0 Å². The van der Waals surface area contributed by atoms with Crippen LogP contribution in [-0.2, 0) is 11.2 Å². The van der Waals surface area contributed by atoms with Gasteiger partial charge in [-0.05, 0) is 6.42 Å². The predicted octanol–water partition coefficient (Wildman–Crippen LogP) is 1.69. The van der Waals surface area contributed by atoms with E-state index in [1.165, 1.54) is 11.3 Å². The number of nitrogens with zero attached hydrogens (tertiary/aromatic N) is 1. The van der Waals surface area contributed by atoms with Crippen LogP contribution < -0.4 is 10.6 Å². The average Bonchev–Trinajstić information content (AvgIpc) is 2.64. The molecule has 0 saturated carbocycles. The van der Waals surface area contributed by atoms with Crippen LogP contribution in [0.25, 0.3) is 0 Å². The zero-order valence-electron chi connectivity index (χ0n) is 9.52. The van der Waals surface area contributed by atoms with Gasteiger partial charge in [0.25, 0.3) is 0 Å². The maximum atomic E-state index is 11.3. The van der Waals surface area contributed by atoms with Gasteiger partial charge in [-0.1, -0.05) is 13.3 Å². The fourth-order valence-electron chi connectivity index (χ4n) is 1.12. The van der Waals surface area contributed by atoms with Crippen molar-refractivity contribution in [1.82, 2.24) is 10.3 Å². The van der Waals surface area contributed by atoms with Crippen molar-refractivity contribution in [2.24, 2.45) is 0 Å². The Labute approximate surface area is 103 Å². The maximum absolute atomic E-state index is 11.3. The molecule has 1 heterocycles. The highest BCUT2D eigenvalue weighted by Crippen LogP contribution is 2.15. The van der Waals surface area contributed by atoms with Gasteiger partial charge in [-0.25, -0.2) is 9.78 Å². The first-order valence-corrected chi connectivity index (χ1v) is 6.20. The fourth-order valence-corrected chi connectivity index (χ4v) is 1.83. The van der Waals surface area contributed by atoms with E-state index in [1.807, 2.05) is 6.92 Å². The summed E-state index contributed by atoms with van der Waals surface area (Å²) < 4.78 is 0. The Hall–Kier alpha value is -1.63. The number of nitrogens with one attached hydrogen (secondary N) is 2. The Morgan fingerprint density at radius 2 is 2.29 bits per heavy atom. The number of amides is 2. The summed E-state index contributed by atoms with van der Waals surface area (Å²) in [4.78, 5) is 25.8. The number of aromatic nitrogens is 1. The molecule has 0 bridgehead atoms. The summed E-state index contributed by atoms with van der Waals surface area (Å²) in [5.74, 6) is -0.936. The van der Waals surface area contributed by atoms with Gasteiger partial charge in [0.15, 0.2) is 5.13 Å². The van der Waals surface area contributed by atoms with E-state index in [9.17, 15) is 9.59 Å². The lowest BCUT2D eigenvalue weighted by Crippen LogP contribution is -2.29. The molecule has 0 fully saturated rings. The summed E-state index contributed by atoms with van der Waals surface area (Å²) in [7, 11) is 0. The Kier molecular flexibility index (Phi) is 5.41. The lowest BCUT2D eigenvalue weighted by molar-refractivity contribution is -0.136. The zero-order chi connectivity index (χ0) is 12.7. The minimum absolute atomic E-state index is 0.129. The number of thiazole rings is 1. The molecule has 94 valence electrons. The topological polar surface area (TPSA) is 91.3 Å². The fraction of sp³-hybridized carbons (Fsp3) is 0.500. The standard InChI is InChI=1S/C10H15N3O3S/c1-2-3-4-11-9(16)13-10-12-7(6-17-10)5-8(14)15/h6H,2-5H2,1H3,(H,14,15)(H2,11,12,13,16). The highest BCUT2D eigenvalue weighted by molar-refractivity contribution is 7.13. The third-order valence-electron chi connectivity index (χ3n) is 1.92. The predicted molar refractivity (Wildman–Crippen MR) is 65.4 cm³/mol. The minimum atomic E-state index is -0.936. The van der Waals surface area contributed by atoms with E-state index in [1.54, 1.807) is 5.38 Å². The maximum Gasteiger partial charge on any atom is 0.321 e. The SMILES string of the molecule is CCCCNC(=O)Nc1nc(CC(=O)O)cs1. The molecule has 0 saturated heterocycles. The molecule has 0 spiro atoms. The molecule has 7 heteroatoms. The van der Waals surface area contributed by atoms with E-state index in [4.69, 9.17) is 5.11 Å². The van der Waals surface area contributed by atoms with Crippen LogP contribution in [0.5, 0.6) is 0 Å². The first-order chi connectivity index (χ1) is 8.11. The number of anilines is 1. The second-order valence-electron chi connectivity index (χ2n) is 3.45. The molecule has 1 rings (SSSR count). The van der Waals surface area contributed by atoms with E-state index in [0.717, 1.165) is 12.8 Å². The first-order valence-electron chi connectivity index (χ1n) is 5.33. The quantitative estimate of drug-likeness (QED) is 0.676. The summed E-state index contributed by atoms with van der Waals surface area (Å²) in [6, 6.07) is -0.310. The Morgan fingerprint density at radius 3 is 2.94 bits per heavy atom. The number of hydrogen-bond donors (Lipinski definition) is 3. The number of carboxylic acids is 1. The smallest absolute Gasteiger partial charge is 0.321 e. The van der Waals surface area contributed by atoms with Crippen molar-refractivity contribution in [3.05, 3.63) is 11.1 Å². The van der Waals surface area contributed by atoms with Crippen molar-refractivity contribution in [3.8, 4) is 0 Å². The third-order valence-corrected chi connectivity index (χ3v) is 2.73. The number of carboxylic acid groups (broad SMARTS) is 1. The van der Waals surface area contributed by atoms with Crippen LogP contribution in [0.4, 0.5) is 9.93 Å². The van der Waals surface area contributed by atoms with Gasteiger partial charge >= 0.3 is 12.0 Å². The first kappa shape index (κ1) is 13.4. The molecule has 0 atom stereocenters. The monoisotopic (exact) mass is 257 g/mol. The molecule has 1 aromatic rings. The van der Waals surface area contributed by atoms with Crippen LogP contribution in [0, 0.1) is 0 Å². The molecule has 0 aliphatic heterocycles. The van der Waals surface area contributed by atoms with Crippen molar-refractivity contribution in [2.45, 2.75) is 26.2 Å². The molecule has 0 radical (unpaired) electrons. The lowest BCUT2D eigenvalue weighted by atomic mass is 10.3. The third kappa shape index (κ3) is 5.30. The number of unbranched alkanes of at least 4 members (excludes halogenated alkanes) is 1. The number of rotatable bonds is 6. The molecule has 0 aromatic carbocycles. The molecule has 2 amide bonds. The van der Waals surface area contributed by atoms with Crippen LogP contribution in [0.15, 0.2) is 5.38 Å². The summed E-state index contributed by atoms with van der Waals surface area (Å²) >= 11 is 1.21. The van der Waals surface area contributed by atoms with Gasteiger partial charge in [0.1, 0.15) is 0 Å². The van der Waals surface area contributed by atoms with E-state index < -0.39 is 5.97 Å². The molecular formula is C10H15N3O3S. The van der Waals surface area contributed by atoms with E-state index in [2.05, 4.69) is 15.6 Å². The summed E-state index contributed by atoms with van der Waals surface area (Å²) in [6.07, 6.45) is 1.81. The molecule has 3 N–H and O–H groups in total. The van der Waals surface area contributed by atoms with Gasteiger partial charge < -0.3 is 10.4 Å². The van der Waals surface area contributed by atoms with Gasteiger partial charge in [0.2, 0.25) is 0 Å². The molecule has 0 unspecified atom stereocenters. The Balaban J connectivity index is 2.38. The number of aliphatic carboxylic acids is 1. The largest absolute Gasteiger partial charge is 0.481 e. The van der Waals surface area contributed by atoms with E-state index in [0.29, 0.717) is 17.4 Å². The Bertz CT molecular complexity index is 392. The number of hydrogen-bond acceptors (Lipinski definition) is 4. The van der Waals surface area contributed by atoms with Crippen molar-refractivity contribution in [2.75, 3.05) is 11.9 Å². The molecular weight excluding hydrogens is 242 g/mol. The number of carbonyl (C=O) groups is 2. The molecule has 6 nitrogen and oxygen atoms in total. The highest BCUT2D eigenvalue weighted by Gasteiger charge is 2.08. The van der Waals surface area contributed by atoms with Gasteiger partial charge in [-0.15, -0.1) is 11.3 Å². The second-order valence-corrected chi connectivity index (χ2v) is 4.31. The van der Waals surface area contributed by atoms with Gasteiger partial charge in [0.05, 0.1) is 12.1 Å². The van der Waals surface area contributed by atoms with Crippen molar-refractivity contribution in [3.63, 3.8) is 0 Å². The van der Waals surface area contributed by atoms with Crippen molar-refractivity contribution in [1.29, 1.82) is 0 Å². The second kappa shape index (κ2) is 6.85. The van der Waals surface area contributed by atoms with Crippen molar-refractivity contribution >= 4 is 28.5 Å². The van der Waals surface area contributed by atoms with Gasteiger partial charge in [-0.3, -0.25) is 10.1 Å². The van der Waals surface area contributed by atoms with Gasteiger partial charge in [0, 0.05) is 11.9 Å². The highest BCUT2D eigenvalue weighted by atomic mass is 32.1. The van der Waals surface area contributed by atoms with E-state index >= 15 is 0 Å². The molecule has 17 heavy (non-hydrogen) atoms. The lowest BCUT2D eigenvalue weighted by Gasteiger charge is -2.03. The summed E-state index contributed by atoms with van der Waals surface area (Å²) in [5, 5.41) is 15.8. The van der Waals surface area contributed by atoms with Crippen LogP contribution >= 0.6 is 11.3 Å². The number of carbonyl (C=O) groups excluding carboxylic acids is 1. The average molecular weight is 257 g/mol. The summed E-state index contributed by atoms with van der Waals surface area (Å²) in [6.45, 7) is 2.66. The normalized spacial score (nSPS) is 9.94. The van der Waals surface area contributed by atoms with E-state index in [-0.39, 0.29) is 12.5 Å². The Morgan fingerprint density at radius 1 is 1.53 bits per heavy atom. The molecule has 0 aliphatic carbocycles. The summed E-state index contributed by atoms with van der Waals surface area (Å²) in [5.41, 5.74) is 0.450. The number of urea groups is 1. The zero-order valence-corrected chi connectivity index (χ0v) is 10.3. The van der Waals surface area contributed by atoms with Crippen LogP contribution in [0.2, 0.25) is 0 Å². The van der Waals surface area contributed by atoms with Crippen LogP contribution in [0.1, 0.15) is 25.5 Å².